The first-order chi connectivity index (χ1) is 11.1. The van der Waals surface area contributed by atoms with Gasteiger partial charge in [0.25, 0.3) is 0 Å². The highest BCUT2D eigenvalue weighted by atomic mass is 16.4. The third kappa shape index (κ3) is 2.78. The fourth-order valence-electron chi connectivity index (χ4n) is 2.68. The second-order valence-corrected chi connectivity index (χ2v) is 5.96. The molecule has 8 nitrogen and oxygen atoms in total. The monoisotopic (exact) mass is 333 g/mol. The summed E-state index contributed by atoms with van der Waals surface area (Å²) >= 11 is 0. The first-order valence-electron chi connectivity index (χ1n) is 7.03. The number of carboxylic acids is 2. The predicted octanol–water partition coefficient (Wildman–Crippen LogP) is 0.245. The van der Waals surface area contributed by atoms with Gasteiger partial charge in [0, 0.05) is 5.56 Å². The molecule has 0 radical (unpaired) electrons. The molecule has 1 aromatic carbocycles. The fraction of sp³-hybridized carbons (Fsp3) is 0.312. The van der Waals surface area contributed by atoms with Crippen LogP contribution in [0.3, 0.4) is 0 Å². The van der Waals surface area contributed by atoms with E-state index in [0.717, 1.165) is 0 Å². The molecule has 0 spiro atoms. The van der Waals surface area contributed by atoms with E-state index >= 15 is 0 Å². The van der Waals surface area contributed by atoms with Crippen molar-refractivity contribution in [2.45, 2.75) is 19.3 Å². The molecule has 24 heavy (non-hydrogen) atoms. The highest BCUT2D eigenvalue weighted by Gasteiger charge is 2.49. The lowest BCUT2D eigenvalue weighted by molar-refractivity contribution is -0.140. The SMILES string of the molecule is CC1(C)C(=O)C(C(=O)NCC(=O)O)C(=O)c2ccc(C(=O)O)cc21. The van der Waals surface area contributed by atoms with Crippen LogP contribution in [0.2, 0.25) is 0 Å². The quantitative estimate of drug-likeness (QED) is 0.671. The number of ketones is 2. The number of carbonyl (C=O) groups excluding carboxylic acids is 3. The fourth-order valence-corrected chi connectivity index (χ4v) is 2.68. The molecule has 8 heteroatoms. The van der Waals surface area contributed by atoms with Crippen LogP contribution in [0, 0.1) is 5.92 Å². The molecule has 0 fully saturated rings. The summed E-state index contributed by atoms with van der Waals surface area (Å²) in [5.41, 5.74) is -1.02. The van der Waals surface area contributed by atoms with Gasteiger partial charge in [-0.1, -0.05) is 6.07 Å². The van der Waals surface area contributed by atoms with Gasteiger partial charge in [-0.25, -0.2) is 4.79 Å². The molecular formula is C16H15NO7. The van der Waals surface area contributed by atoms with Crippen molar-refractivity contribution < 1.29 is 34.2 Å². The van der Waals surface area contributed by atoms with Crippen LogP contribution in [0.5, 0.6) is 0 Å². The van der Waals surface area contributed by atoms with Gasteiger partial charge in [0.2, 0.25) is 5.91 Å². The first-order valence-corrected chi connectivity index (χ1v) is 7.03. The summed E-state index contributed by atoms with van der Waals surface area (Å²) in [6, 6.07) is 3.74. The number of amides is 1. The predicted molar refractivity (Wildman–Crippen MR) is 79.9 cm³/mol. The van der Waals surface area contributed by atoms with E-state index in [1.165, 1.54) is 32.0 Å². The Morgan fingerprint density at radius 3 is 2.33 bits per heavy atom. The number of aliphatic carboxylic acids is 1. The highest BCUT2D eigenvalue weighted by molar-refractivity contribution is 6.29. The van der Waals surface area contributed by atoms with E-state index in [0.29, 0.717) is 0 Å². The van der Waals surface area contributed by atoms with E-state index in [1.807, 2.05) is 5.32 Å². The van der Waals surface area contributed by atoms with Crippen molar-refractivity contribution in [3.8, 4) is 0 Å². The van der Waals surface area contributed by atoms with Crippen molar-refractivity contribution in [1.29, 1.82) is 0 Å². The highest BCUT2D eigenvalue weighted by Crippen LogP contribution is 2.37. The second-order valence-electron chi connectivity index (χ2n) is 5.96. The lowest BCUT2D eigenvalue weighted by Gasteiger charge is -2.34. The van der Waals surface area contributed by atoms with Crippen molar-refractivity contribution in [3.05, 3.63) is 34.9 Å². The molecule has 2 rings (SSSR count). The van der Waals surface area contributed by atoms with E-state index in [4.69, 9.17) is 10.2 Å². The van der Waals surface area contributed by atoms with Gasteiger partial charge in [-0.15, -0.1) is 0 Å². The van der Waals surface area contributed by atoms with E-state index in [-0.39, 0.29) is 16.7 Å². The summed E-state index contributed by atoms with van der Waals surface area (Å²) in [4.78, 5) is 58.8. The third-order valence-electron chi connectivity index (χ3n) is 4.02. The minimum atomic E-state index is -1.65. The summed E-state index contributed by atoms with van der Waals surface area (Å²) < 4.78 is 0. The minimum absolute atomic E-state index is 0.0730. The number of hydrogen-bond donors (Lipinski definition) is 3. The van der Waals surface area contributed by atoms with Crippen molar-refractivity contribution >= 4 is 29.4 Å². The standard InChI is InChI=1S/C16H15NO7/c1-16(2)9-5-7(15(23)24)3-4-8(9)12(20)11(13(16)21)14(22)17-6-10(18)19/h3-5,11H,6H2,1-2H3,(H,17,22)(H,18,19)(H,23,24). The summed E-state index contributed by atoms with van der Waals surface area (Å²) in [5, 5.41) is 19.7. The number of nitrogens with one attached hydrogen (secondary N) is 1. The molecule has 0 aliphatic heterocycles. The van der Waals surface area contributed by atoms with Gasteiger partial charge in [-0.2, -0.15) is 0 Å². The van der Waals surface area contributed by atoms with Gasteiger partial charge in [-0.3, -0.25) is 19.2 Å². The zero-order valence-electron chi connectivity index (χ0n) is 13.0. The van der Waals surface area contributed by atoms with Crippen LogP contribution < -0.4 is 5.32 Å². The van der Waals surface area contributed by atoms with Gasteiger partial charge in [0.1, 0.15) is 6.54 Å². The molecule has 0 saturated heterocycles. The second kappa shape index (κ2) is 5.88. The summed E-state index contributed by atoms with van der Waals surface area (Å²) in [6.45, 7) is 2.27. The first kappa shape index (κ1) is 17.3. The van der Waals surface area contributed by atoms with Crippen molar-refractivity contribution in [3.63, 3.8) is 0 Å². The number of benzene rings is 1. The third-order valence-corrected chi connectivity index (χ3v) is 4.02. The Balaban J connectivity index is 2.50. The Hall–Kier alpha value is -3.03. The number of fused-ring (bicyclic) bond motifs is 1. The molecule has 0 heterocycles. The summed E-state index contributed by atoms with van der Waals surface area (Å²) in [7, 11) is 0. The Kier molecular flexibility index (Phi) is 4.24. The van der Waals surface area contributed by atoms with Crippen molar-refractivity contribution in [2.24, 2.45) is 5.92 Å². The van der Waals surface area contributed by atoms with Gasteiger partial charge >= 0.3 is 11.9 Å². The largest absolute Gasteiger partial charge is 0.480 e. The van der Waals surface area contributed by atoms with E-state index in [2.05, 4.69) is 0 Å². The maximum Gasteiger partial charge on any atom is 0.335 e. The zero-order valence-corrected chi connectivity index (χ0v) is 13.0. The molecule has 126 valence electrons. The van der Waals surface area contributed by atoms with Gasteiger partial charge in [0.15, 0.2) is 17.5 Å². The number of aromatic carboxylic acids is 1. The molecule has 1 unspecified atom stereocenters. The minimum Gasteiger partial charge on any atom is -0.480 e. The van der Waals surface area contributed by atoms with Gasteiger partial charge < -0.3 is 15.5 Å². The van der Waals surface area contributed by atoms with Crippen molar-refractivity contribution in [2.75, 3.05) is 6.54 Å². The molecular weight excluding hydrogens is 318 g/mol. The Labute approximate surface area is 136 Å². The maximum atomic E-state index is 12.6. The molecule has 1 aliphatic carbocycles. The smallest absolute Gasteiger partial charge is 0.335 e. The van der Waals surface area contributed by atoms with Crippen LogP contribution in [0.15, 0.2) is 18.2 Å². The average Bonchev–Trinajstić information content (AvgIpc) is 2.51. The molecule has 0 saturated carbocycles. The lowest BCUT2D eigenvalue weighted by Crippen LogP contribution is -2.51. The normalized spacial score (nSPS) is 18.7. The van der Waals surface area contributed by atoms with E-state index in [9.17, 15) is 24.0 Å². The van der Waals surface area contributed by atoms with E-state index in [1.54, 1.807) is 0 Å². The number of hydrogen-bond acceptors (Lipinski definition) is 5. The van der Waals surface area contributed by atoms with Crippen LogP contribution >= 0.6 is 0 Å². The van der Waals surface area contributed by atoms with Crippen LogP contribution in [0.25, 0.3) is 0 Å². The molecule has 1 aromatic rings. The van der Waals surface area contributed by atoms with Crippen molar-refractivity contribution in [1.82, 2.24) is 5.32 Å². The van der Waals surface area contributed by atoms with Crippen LogP contribution in [0.1, 0.15) is 40.1 Å². The Morgan fingerprint density at radius 2 is 1.79 bits per heavy atom. The number of Topliss-reactive ketones (excluding diaryl/α,β-unsaturated/α-hetero) is 2. The van der Waals surface area contributed by atoms with Crippen LogP contribution in [0.4, 0.5) is 0 Å². The van der Waals surface area contributed by atoms with Gasteiger partial charge in [0.05, 0.1) is 11.0 Å². The van der Waals surface area contributed by atoms with E-state index < -0.39 is 47.3 Å². The molecule has 1 atom stereocenters. The van der Waals surface area contributed by atoms with Gasteiger partial charge in [-0.05, 0) is 31.5 Å². The Morgan fingerprint density at radius 1 is 1.17 bits per heavy atom. The average molecular weight is 333 g/mol. The topological polar surface area (TPSA) is 138 Å². The number of carboxylic acid groups (broad SMARTS) is 2. The van der Waals surface area contributed by atoms with Crippen LogP contribution in [-0.2, 0) is 19.8 Å². The molecule has 3 N–H and O–H groups in total. The summed E-state index contributed by atoms with van der Waals surface area (Å²) in [5.74, 6) is -6.60. The lowest BCUT2D eigenvalue weighted by atomic mass is 9.66. The summed E-state index contributed by atoms with van der Waals surface area (Å²) in [6.07, 6.45) is 0. The molecule has 1 aliphatic rings. The number of carbonyl (C=O) groups is 5. The maximum absolute atomic E-state index is 12.6. The number of rotatable bonds is 4. The van der Waals surface area contributed by atoms with Crippen LogP contribution in [-0.4, -0.2) is 46.2 Å². The molecule has 0 aromatic heterocycles. The molecule has 1 amide bonds. The Bertz CT molecular complexity index is 779. The molecule has 0 bridgehead atoms. The zero-order chi connectivity index (χ0) is 18.2.